The average molecular weight is 272 g/mol. The molecule has 1 aromatic heterocycles. The van der Waals surface area contributed by atoms with E-state index in [-0.39, 0.29) is 5.91 Å². The lowest BCUT2D eigenvalue weighted by molar-refractivity contribution is 0.0772. The van der Waals surface area contributed by atoms with E-state index in [2.05, 4.69) is 9.59 Å². The highest BCUT2D eigenvalue weighted by atomic mass is 32.1. The van der Waals surface area contributed by atoms with Gasteiger partial charge < -0.3 is 10.6 Å². The Hall–Kier alpha value is -1.08. The van der Waals surface area contributed by atoms with Gasteiger partial charge in [0.05, 0.1) is 10.7 Å². The highest BCUT2D eigenvalue weighted by Crippen LogP contribution is 2.14. The summed E-state index contributed by atoms with van der Waals surface area (Å²) in [5.74, 6) is -0.0319. The van der Waals surface area contributed by atoms with E-state index in [1.54, 1.807) is 4.90 Å². The van der Waals surface area contributed by atoms with E-state index in [4.69, 9.17) is 18.0 Å². The molecule has 17 heavy (non-hydrogen) atoms. The average Bonchev–Trinajstić information content (AvgIpc) is 2.77. The number of aromatic nitrogens is 2. The molecule has 0 spiro atoms. The monoisotopic (exact) mass is 272 g/mol. The molecule has 0 aliphatic rings. The van der Waals surface area contributed by atoms with E-state index in [1.165, 1.54) is 0 Å². The van der Waals surface area contributed by atoms with Crippen molar-refractivity contribution >= 4 is 34.6 Å². The van der Waals surface area contributed by atoms with E-state index in [0.717, 1.165) is 17.2 Å². The quantitative estimate of drug-likeness (QED) is 0.789. The Morgan fingerprint density at radius 2 is 2.24 bits per heavy atom. The zero-order valence-corrected chi connectivity index (χ0v) is 11.6. The minimum Gasteiger partial charge on any atom is -0.393 e. The molecule has 0 aliphatic heterocycles. The van der Waals surface area contributed by atoms with Crippen LogP contribution in [0.5, 0.6) is 0 Å². The van der Waals surface area contributed by atoms with Crippen LogP contribution in [0.1, 0.15) is 35.6 Å². The summed E-state index contributed by atoms with van der Waals surface area (Å²) >= 11 is 5.96. The van der Waals surface area contributed by atoms with Crippen molar-refractivity contribution in [1.82, 2.24) is 14.5 Å². The number of amides is 1. The second-order valence-corrected chi connectivity index (χ2v) is 4.78. The van der Waals surface area contributed by atoms with Crippen molar-refractivity contribution in [3.63, 3.8) is 0 Å². The summed E-state index contributed by atoms with van der Waals surface area (Å²) in [6.07, 6.45) is 1.26. The van der Waals surface area contributed by atoms with Crippen molar-refractivity contribution in [2.45, 2.75) is 26.7 Å². The molecule has 5 nitrogen and oxygen atoms in total. The maximum Gasteiger partial charge on any atom is 0.267 e. The van der Waals surface area contributed by atoms with Gasteiger partial charge in [-0.05, 0) is 24.9 Å². The van der Waals surface area contributed by atoms with Gasteiger partial charge >= 0.3 is 0 Å². The van der Waals surface area contributed by atoms with Crippen molar-refractivity contribution in [1.29, 1.82) is 0 Å². The number of hydrogen-bond donors (Lipinski definition) is 1. The Morgan fingerprint density at radius 3 is 2.76 bits per heavy atom. The lowest BCUT2D eigenvalue weighted by Gasteiger charge is -2.19. The number of carbonyl (C=O) groups excluding carboxylic acids is 1. The van der Waals surface area contributed by atoms with E-state index in [1.807, 2.05) is 13.8 Å². The zero-order valence-electron chi connectivity index (χ0n) is 9.97. The zero-order chi connectivity index (χ0) is 12.8. The first kappa shape index (κ1) is 14.0. The molecule has 1 amide bonds. The minimum absolute atomic E-state index is 0.0319. The second-order valence-electron chi connectivity index (χ2n) is 3.50. The third-order valence-corrected chi connectivity index (χ3v) is 3.34. The van der Waals surface area contributed by atoms with Crippen molar-refractivity contribution in [3.05, 3.63) is 10.6 Å². The van der Waals surface area contributed by atoms with Gasteiger partial charge in [-0.3, -0.25) is 4.79 Å². The second kappa shape index (κ2) is 6.61. The summed E-state index contributed by atoms with van der Waals surface area (Å²) in [4.78, 5) is 15.0. The van der Waals surface area contributed by atoms with Crippen molar-refractivity contribution in [3.8, 4) is 0 Å². The van der Waals surface area contributed by atoms with Crippen LogP contribution in [0.25, 0.3) is 0 Å². The van der Waals surface area contributed by atoms with Crippen LogP contribution >= 0.6 is 23.8 Å². The van der Waals surface area contributed by atoms with Crippen molar-refractivity contribution < 1.29 is 4.79 Å². The van der Waals surface area contributed by atoms with Crippen LogP contribution in [0.15, 0.2) is 0 Å². The highest BCUT2D eigenvalue weighted by Gasteiger charge is 2.20. The van der Waals surface area contributed by atoms with Crippen LogP contribution < -0.4 is 5.73 Å². The minimum atomic E-state index is -0.0319. The van der Waals surface area contributed by atoms with E-state index in [0.29, 0.717) is 35.8 Å². The number of hydrogen-bond acceptors (Lipinski definition) is 5. The molecule has 0 unspecified atom stereocenters. The molecule has 0 radical (unpaired) electrons. The Balaban J connectivity index is 2.75. The number of nitrogens with zero attached hydrogens (tertiary/aromatic N) is 3. The summed E-state index contributed by atoms with van der Waals surface area (Å²) < 4.78 is 3.82. The molecule has 2 N–H and O–H groups in total. The van der Waals surface area contributed by atoms with Crippen LogP contribution in [0.4, 0.5) is 0 Å². The molecular weight excluding hydrogens is 256 g/mol. The van der Waals surface area contributed by atoms with Gasteiger partial charge in [-0.15, -0.1) is 5.10 Å². The first-order valence-corrected chi connectivity index (χ1v) is 6.67. The lowest BCUT2D eigenvalue weighted by Crippen LogP contribution is -2.33. The highest BCUT2D eigenvalue weighted by molar-refractivity contribution is 7.80. The van der Waals surface area contributed by atoms with Crippen LogP contribution in [-0.2, 0) is 6.42 Å². The molecule has 0 bridgehead atoms. The van der Waals surface area contributed by atoms with Crippen LogP contribution in [-0.4, -0.2) is 38.5 Å². The van der Waals surface area contributed by atoms with Gasteiger partial charge in [0.1, 0.15) is 4.88 Å². The Morgan fingerprint density at radius 1 is 1.53 bits per heavy atom. The fourth-order valence-corrected chi connectivity index (χ4v) is 2.20. The van der Waals surface area contributed by atoms with Gasteiger partial charge in [0.2, 0.25) is 0 Å². The summed E-state index contributed by atoms with van der Waals surface area (Å²) in [5.41, 5.74) is 6.20. The van der Waals surface area contributed by atoms with Crippen molar-refractivity contribution in [2.75, 3.05) is 13.1 Å². The smallest absolute Gasteiger partial charge is 0.267 e. The molecule has 1 aromatic rings. The fourth-order valence-electron chi connectivity index (χ4n) is 1.39. The third-order valence-electron chi connectivity index (χ3n) is 2.38. The number of aryl methyl sites for hydroxylation is 1. The first-order valence-electron chi connectivity index (χ1n) is 5.48. The fraction of sp³-hybridized carbons (Fsp3) is 0.600. The van der Waals surface area contributed by atoms with Gasteiger partial charge in [-0.1, -0.05) is 23.6 Å². The third kappa shape index (κ3) is 3.71. The summed E-state index contributed by atoms with van der Waals surface area (Å²) in [6.45, 7) is 5.06. The summed E-state index contributed by atoms with van der Waals surface area (Å²) in [5, 5.41) is 3.94. The maximum atomic E-state index is 12.2. The summed E-state index contributed by atoms with van der Waals surface area (Å²) in [7, 11) is 0. The maximum absolute atomic E-state index is 12.2. The molecule has 0 aliphatic carbocycles. The molecule has 0 saturated heterocycles. The van der Waals surface area contributed by atoms with Gasteiger partial charge in [0, 0.05) is 19.5 Å². The molecule has 1 heterocycles. The van der Waals surface area contributed by atoms with Gasteiger partial charge in [-0.2, -0.15) is 0 Å². The molecular formula is C10H16N4OS2. The number of nitrogens with two attached hydrogens (primary N) is 1. The van der Waals surface area contributed by atoms with Gasteiger partial charge in [-0.25, -0.2) is 0 Å². The number of carbonyl (C=O) groups is 1. The van der Waals surface area contributed by atoms with Crippen LogP contribution in [0.3, 0.4) is 0 Å². The Bertz CT molecular complexity index is 405. The molecule has 0 fully saturated rings. The summed E-state index contributed by atoms with van der Waals surface area (Å²) in [6, 6.07) is 0. The van der Waals surface area contributed by atoms with Gasteiger partial charge in [0.25, 0.3) is 5.91 Å². The topological polar surface area (TPSA) is 72.1 Å². The molecule has 7 heteroatoms. The normalized spacial score (nSPS) is 10.2. The van der Waals surface area contributed by atoms with E-state index < -0.39 is 0 Å². The van der Waals surface area contributed by atoms with E-state index >= 15 is 0 Å². The van der Waals surface area contributed by atoms with Crippen molar-refractivity contribution in [2.24, 2.45) is 5.73 Å². The first-order chi connectivity index (χ1) is 8.10. The number of thiocarbonyl (C=S) groups is 1. The lowest BCUT2D eigenvalue weighted by atomic mass is 10.2. The predicted molar refractivity (Wildman–Crippen MR) is 72.3 cm³/mol. The molecule has 1 rings (SSSR count). The molecule has 0 atom stereocenters. The standard InChI is InChI=1S/C10H16N4OS2/c1-3-7-9(17-13-12-7)10(15)14(4-2)6-5-8(11)16/h3-6H2,1-2H3,(H2,11,16). The SMILES string of the molecule is CCc1nnsc1C(=O)N(CC)CCC(N)=S. The van der Waals surface area contributed by atoms with Crippen LogP contribution in [0.2, 0.25) is 0 Å². The van der Waals surface area contributed by atoms with E-state index in [9.17, 15) is 4.79 Å². The van der Waals surface area contributed by atoms with Gasteiger partial charge in [0.15, 0.2) is 0 Å². The number of rotatable bonds is 6. The Labute approximate surface area is 110 Å². The molecule has 94 valence electrons. The molecule has 0 aromatic carbocycles. The van der Waals surface area contributed by atoms with Crippen LogP contribution in [0, 0.1) is 0 Å². The molecule has 0 saturated carbocycles. The Kier molecular flexibility index (Phi) is 5.43. The largest absolute Gasteiger partial charge is 0.393 e. The predicted octanol–water partition coefficient (Wildman–Crippen LogP) is 1.24.